The first-order valence-electron chi connectivity index (χ1n) is 7.99. The van der Waals surface area contributed by atoms with Crippen LogP contribution in [0.3, 0.4) is 0 Å². The van der Waals surface area contributed by atoms with Gasteiger partial charge in [0.05, 0.1) is 11.8 Å². The predicted octanol–water partition coefficient (Wildman–Crippen LogP) is 2.43. The summed E-state index contributed by atoms with van der Waals surface area (Å²) in [6, 6.07) is 3.56. The van der Waals surface area contributed by atoms with Crippen LogP contribution < -0.4 is 5.32 Å². The average Bonchev–Trinajstić information content (AvgIpc) is 3.12. The lowest BCUT2D eigenvalue weighted by molar-refractivity contribution is 0.102. The molecule has 0 atom stereocenters. The molecule has 7 heteroatoms. The second-order valence-electron chi connectivity index (χ2n) is 6.13. The molecule has 4 rings (SSSR count). The zero-order chi connectivity index (χ0) is 16.5. The van der Waals surface area contributed by atoms with Crippen LogP contribution in [0, 0.1) is 12.8 Å². The average molecular weight is 322 g/mol. The molecule has 1 N–H and O–H groups in total. The summed E-state index contributed by atoms with van der Waals surface area (Å²) in [5.41, 5.74) is 1.48. The van der Waals surface area contributed by atoms with E-state index < -0.39 is 0 Å². The first-order valence-corrected chi connectivity index (χ1v) is 7.99. The van der Waals surface area contributed by atoms with Crippen molar-refractivity contribution in [1.82, 2.24) is 24.3 Å². The number of amides is 1. The Morgan fingerprint density at radius 1 is 1.33 bits per heavy atom. The molecule has 1 amide bonds. The third-order valence-electron chi connectivity index (χ3n) is 4.16. The number of rotatable bonds is 5. The van der Waals surface area contributed by atoms with E-state index in [1.165, 1.54) is 12.8 Å². The highest BCUT2D eigenvalue weighted by molar-refractivity contribution is 6.04. The van der Waals surface area contributed by atoms with Gasteiger partial charge in [0.25, 0.3) is 5.91 Å². The van der Waals surface area contributed by atoms with Gasteiger partial charge in [0.15, 0.2) is 0 Å². The SMILES string of the molecule is Cc1cnn(CC2CC2)c1NC(=O)c1ccc(-n2ccnc2)nc1. The van der Waals surface area contributed by atoms with Gasteiger partial charge in [-0.15, -0.1) is 0 Å². The van der Waals surface area contributed by atoms with Crippen LogP contribution in [0.1, 0.15) is 28.8 Å². The molecule has 0 aliphatic heterocycles. The molecule has 0 spiro atoms. The fourth-order valence-electron chi connectivity index (χ4n) is 2.57. The molecule has 3 aromatic rings. The lowest BCUT2D eigenvalue weighted by Gasteiger charge is -2.10. The molecule has 1 aliphatic rings. The number of nitrogens with one attached hydrogen (secondary N) is 1. The smallest absolute Gasteiger partial charge is 0.258 e. The Morgan fingerprint density at radius 2 is 2.21 bits per heavy atom. The molecule has 1 aliphatic carbocycles. The van der Waals surface area contributed by atoms with Crippen LogP contribution in [-0.4, -0.2) is 30.2 Å². The Labute approximate surface area is 139 Å². The fraction of sp³-hybridized carbons (Fsp3) is 0.294. The van der Waals surface area contributed by atoms with Crippen molar-refractivity contribution in [1.29, 1.82) is 0 Å². The van der Waals surface area contributed by atoms with Crippen LogP contribution in [0.15, 0.2) is 43.2 Å². The van der Waals surface area contributed by atoms with E-state index in [4.69, 9.17) is 0 Å². The summed E-state index contributed by atoms with van der Waals surface area (Å²) < 4.78 is 3.68. The fourth-order valence-corrected chi connectivity index (χ4v) is 2.57. The van der Waals surface area contributed by atoms with E-state index in [9.17, 15) is 4.79 Å². The van der Waals surface area contributed by atoms with E-state index in [0.29, 0.717) is 11.5 Å². The Balaban J connectivity index is 1.51. The van der Waals surface area contributed by atoms with E-state index >= 15 is 0 Å². The molecule has 24 heavy (non-hydrogen) atoms. The Kier molecular flexibility index (Phi) is 3.60. The number of pyridine rings is 1. The summed E-state index contributed by atoms with van der Waals surface area (Å²) >= 11 is 0. The summed E-state index contributed by atoms with van der Waals surface area (Å²) in [6.07, 6.45) is 11.0. The molecule has 0 saturated heterocycles. The normalized spacial score (nSPS) is 13.9. The van der Waals surface area contributed by atoms with Crippen LogP contribution in [0.2, 0.25) is 0 Å². The molecular formula is C17H18N6O. The zero-order valence-electron chi connectivity index (χ0n) is 13.4. The molecular weight excluding hydrogens is 304 g/mol. The van der Waals surface area contributed by atoms with E-state index in [-0.39, 0.29) is 5.91 Å². The Morgan fingerprint density at radius 3 is 2.88 bits per heavy atom. The van der Waals surface area contributed by atoms with Crippen molar-refractivity contribution in [2.24, 2.45) is 5.92 Å². The molecule has 3 heterocycles. The van der Waals surface area contributed by atoms with Gasteiger partial charge in [0.1, 0.15) is 18.0 Å². The first-order chi connectivity index (χ1) is 11.7. The third kappa shape index (κ3) is 2.92. The van der Waals surface area contributed by atoms with Gasteiger partial charge in [-0.2, -0.15) is 5.10 Å². The number of nitrogens with zero attached hydrogens (tertiary/aromatic N) is 5. The molecule has 0 radical (unpaired) electrons. The number of aryl methyl sites for hydroxylation is 1. The molecule has 0 unspecified atom stereocenters. The van der Waals surface area contributed by atoms with Crippen molar-refractivity contribution >= 4 is 11.7 Å². The third-order valence-corrected chi connectivity index (χ3v) is 4.16. The monoisotopic (exact) mass is 322 g/mol. The maximum absolute atomic E-state index is 12.5. The van der Waals surface area contributed by atoms with Crippen molar-refractivity contribution in [3.63, 3.8) is 0 Å². The largest absolute Gasteiger partial charge is 0.307 e. The maximum atomic E-state index is 12.5. The molecule has 1 saturated carbocycles. The minimum absolute atomic E-state index is 0.180. The van der Waals surface area contributed by atoms with E-state index in [0.717, 1.165) is 23.7 Å². The van der Waals surface area contributed by atoms with Gasteiger partial charge in [-0.3, -0.25) is 9.36 Å². The highest BCUT2D eigenvalue weighted by Gasteiger charge is 2.24. The number of anilines is 1. The number of hydrogen-bond donors (Lipinski definition) is 1. The van der Waals surface area contributed by atoms with E-state index in [1.54, 1.807) is 41.6 Å². The van der Waals surface area contributed by atoms with Crippen molar-refractivity contribution in [3.05, 3.63) is 54.4 Å². The van der Waals surface area contributed by atoms with Gasteiger partial charge >= 0.3 is 0 Å². The number of aromatic nitrogens is 5. The summed E-state index contributed by atoms with van der Waals surface area (Å²) in [6.45, 7) is 2.81. The van der Waals surface area contributed by atoms with Gasteiger partial charge in [-0.05, 0) is 37.8 Å². The van der Waals surface area contributed by atoms with Gasteiger partial charge in [-0.25, -0.2) is 14.6 Å². The van der Waals surface area contributed by atoms with Gasteiger partial charge in [-0.1, -0.05) is 0 Å². The van der Waals surface area contributed by atoms with Crippen molar-refractivity contribution < 1.29 is 4.79 Å². The van der Waals surface area contributed by atoms with E-state index in [1.807, 2.05) is 17.8 Å². The van der Waals surface area contributed by atoms with Gasteiger partial charge in [0, 0.05) is 30.7 Å². The second kappa shape index (κ2) is 5.92. The standard InChI is InChI=1S/C17H18N6O/c1-12-8-20-23(10-13-2-3-13)16(12)21-17(24)14-4-5-15(19-9-14)22-7-6-18-11-22/h4-9,11,13H,2-3,10H2,1H3,(H,21,24). The second-order valence-corrected chi connectivity index (χ2v) is 6.13. The first kappa shape index (κ1) is 14.6. The summed E-state index contributed by atoms with van der Waals surface area (Å²) in [5.74, 6) is 2.00. The molecule has 7 nitrogen and oxygen atoms in total. The highest BCUT2D eigenvalue weighted by atomic mass is 16.1. The van der Waals surface area contributed by atoms with Crippen LogP contribution in [-0.2, 0) is 6.54 Å². The van der Waals surface area contributed by atoms with Crippen LogP contribution in [0.5, 0.6) is 0 Å². The quantitative estimate of drug-likeness (QED) is 0.782. The number of carbonyl (C=O) groups is 1. The minimum Gasteiger partial charge on any atom is -0.307 e. The molecule has 3 aromatic heterocycles. The predicted molar refractivity (Wildman–Crippen MR) is 89.0 cm³/mol. The minimum atomic E-state index is -0.180. The van der Waals surface area contributed by atoms with Crippen molar-refractivity contribution in [2.75, 3.05) is 5.32 Å². The highest BCUT2D eigenvalue weighted by Crippen LogP contribution is 2.32. The van der Waals surface area contributed by atoms with Crippen molar-refractivity contribution in [2.45, 2.75) is 26.3 Å². The summed E-state index contributed by atoms with van der Waals surface area (Å²) in [5, 5.41) is 7.33. The van der Waals surface area contributed by atoms with Gasteiger partial charge in [0.2, 0.25) is 0 Å². The van der Waals surface area contributed by atoms with Gasteiger partial charge < -0.3 is 5.32 Å². The van der Waals surface area contributed by atoms with Crippen LogP contribution in [0.25, 0.3) is 5.82 Å². The molecule has 0 aromatic carbocycles. The van der Waals surface area contributed by atoms with Crippen LogP contribution >= 0.6 is 0 Å². The molecule has 122 valence electrons. The summed E-state index contributed by atoms with van der Waals surface area (Å²) in [7, 11) is 0. The lowest BCUT2D eigenvalue weighted by Crippen LogP contribution is -2.17. The van der Waals surface area contributed by atoms with Crippen LogP contribution in [0.4, 0.5) is 5.82 Å². The molecule has 1 fully saturated rings. The molecule has 0 bridgehead atoms. The Bertz CT molecular complexity index is 846. The zero-order valence-corrected chi connectivity index (χ0v) is 13.4. The maximum Gasteiger partial charge on any atom is 0.258 e. The van der Waals surface area contributed by atoms with E-state index in [2.05, 4.69) is 20.4 Å². The van der Waals surface area contributed by atoms with Crippen molar-refractivity contribution in [3.8, 4) is 5.82 Å². The topological polar surface area (TPSA) is 77.6 Å². The number of carbonyl (C=O) groups excluding carboxylic acids is 1. The Hall–Kier alpha value is -2.96. The number of hydrogen-bond acceptors (Lipinski definition) is 4. The number of imidazole rings is 1. The lowest BCUT2D eigenvalue weighted by atomic mass is 10.2. The summed E-state index contributed by atoms with van der Waals surface area (Å²) in [4.78, 5) is 20.8.